The third-order valence-electron chi connectivity index (χ3n) is 3.66. The van der Waals surface area contributed by atoms with E-state index >= 15 is 0 Å². The minimum Gasteiger partial charge on any atom is -0.316 e. The highest BCUT2D eigenvalue weighted by Gasteiger charge is 2.20. The third kappa shape index (κ3) is 2.06. The summed E-state index contributed by atoms with van der Waals surface area (Å²) in [6.45, 7) is 2.12. The van der Waals surface area contributed by atoms with Gasteiger partial charge in [-0.2, -0.15) is 0 Å². The summed E-state index contributed by atoms with van der Waals surface area (Å²) < 4.78 is 2.23. The van der Waals surface area contributed by atoms with Gasteiger partial charge in [0.1, 0.15) is 5.82 Å². The number of aromatic nitrogens is 2. The Morgan fingerprint density at radius 1 is 1.44 bits per heavy atom. The van der Waals surface area contributed by atoms with Gasteiger partial charge in [-0.25, -0.2) is 4.98 Å². The van der Waals surface area contributed by atoms with E-state index in [1.54, 1.807) is 0 Å². The molecule has 0 radical (unpaired) electrons. The van der Waals surface area contributed by atoms with Gasteiger partial charge in [-0.15, -0.1) is 0 Å². The molecule has 2 N–H and O–H groups in total. The van der Waals surface area contributed by atoms with Crippen molar-refractivity contribution < 1.29 is 0 Å². The van der Waals surface area contributed by atoms with Crippen LogP contribution in [-0.2, 0) is 12.8 Å². The van der Waals surface area contributed by atoms with E-state index in [9.17, 15) is 0 Å². The molecule has 2 heterocycles. The Hall–Kier alpha value is -1.61. The number of nitrogens with two attached hydrogens (primary N) is 1. The van der Waals surface area contributed by atoms with Crippen LogP contribution in [0.3, 0.4) is 0 Å². The number of hydrogen-bond donors (Lipinski definition) is 1. The summed E-state index contributed by atoms with van der Waals surface area (Å²) in [7, 11) is 0. The molecule has 1 aliphatic heterocycles. The number of aryl methyl sites for hydroxylation is 2. The molecule has 0 bridgehead atoms. The lowest BCUT2D eigenvalue weighted by Crippen LogP contribution is -2.26. The first-order valence-electron chi connectivity index (χ1n) is 6.60. The average Bonchev–Trinajstić information content (AvgIpc) is 2.74. The van der Waals surface area contributed by atoms with Gasteiger partial charge in [0.25, 0.3) is 0 Å². The number of benzene rings is 1. The van der Waals surface area contributed by atoms with Crippen molar-refractivity contribution in [3.8, 4) is 0 Å². The second-order valence-electron chi connectivity index (χ2n) is 5.16. The SMILES string of the molecule is Cc1cccc(Cc2ncc3n2C(N)CCC3)c1. The van der Waals surface area contributed by atoms with E-state index in [1.165, 1.54) is 23.2 Å². The molecule has 0 spiro atoms. The smallest absolute Gasteiger partial charge is 0.114 e. The lowest BCUT2D eigenvalue weighted by Gasteiger charge is -2.23. The zero-order valence-electron chi connectivity index (χ0n) is 10.8. The molecule has 3 rings (SSSR count). The monoisotopic (exact) mass is 241 g/mol. The van der Waals surface area contributed by atoms with Crippen LogP contribution in [0.5, 0.6) is 0 Å². The first-order valence-corrected chi connectivity index (χ1v) is 6.60. The van der Waals surface area contributed by atoms with Crippen LogP contribution in [0.25, 0.3) is 0 Å². The fraction of sp³-hybridized carbons (Fsp3) is 0.400. The number of imidazole rings is 1. The largest absolute Gasteiger partial charge is 0.316 e. The van der Waals surface area contributed by atoms with Crippen molar-refractivity contribution in [2.45, 2.75) is 38.8 Å². The average molecular weight is 241 g/mol. The highest BCUT2D eigenvalue weighted by Crippen LogP contribution is 2.24. The molecule has 3 nitrogen and oxygen atoms in total. The topological polar surface area (TPSA) is 43.8 Å². The van der Waals surface area contributed by atoms with Gasteiger partial charge in [0.2, 0.25) is 0 Å². The number of fused-ring (bicyclic) bond motifs is 1. The number of rotatable bonds is 2. The molecule has 18 heavy (non-hydrogen) atoms. The van der Waals surface area contributed by atoms with Crippen LogP contribution in [0.4, 0.5) is 0 Å². The van der Waals surface area contributed by atoms with Crippen molar-refractivity contribution in [2.24, 2.45) is 5.73 Å². The van der Waals surface area contributed by atoms with E-state index in [0.29, 0.717) is 0 Å². The van der Waals surface area contributed by atoms with Crippen LogP contribution in [0, 0.1) is 6.92 Å². The third-order valence-corrected chi connectivity index (χ3v) is 3.66. The molecule has 1 atom stereocenters. The van der Waals surface area contributed by atoms with Gasteiger partial charge in [-0.3, -0.25) is 0 Å². The Morgan fingerprint density at radius 2 is 2.33 bits per heavy atom. The predicted octanol–water partition coefficient (Wildman–Crippen LogP) is 2.58. The maximum atomic E-state index is 6.20. The molecular formula is C15H19N3. The molecule has 0 saturated carbocycles. The second-order valence-corrected chi connectivity index (χ2v) is 5.16. The summed E-state index contributed by atoms with van der Waals surface area (Å²) in [6, 6.07) is 8.60. The van der Waals surface area contributed by atoms with E-state index in [1.807, 2.05) is 6.20 Å². The molecule has 0 saturated heterocycles. The summed E-state index contributed by atoms with van der Waals surface area (Å²) in [6.07, 6.45) is 6.31. The van der Waals surface area contributed by atoms with Crippen LogP contribution >= 0.6 is 0 Å². The van der Waals surface area contributed by atoms with Gasteiger partial charge >= 0.3 is 0 Å². The number of hydrogen-bond acceptors (Lipinski definition) is 2. The van der Waals surface area contributed by atoms with Gasteiger partial charge in [0.05, 0.1) is 6.17 Å². The maximum absolute atomic E-state index is 6.20. The first kappa shape index (κ1) is 11.5. The maximum Gasteiger partial charge on any atom is 0.114 e. The highest BCUT2D eigenvalue weighted by molar-refractivity contribution is 5.26. The second kappa shape index (κ2) is 4.58. The van der Waals surface area contributed by atoms with E-state index in [4.69, 9.17) is 5.73 Å². The van der Waals surface area contributed by atoms with Gasteiger partial charge in [-0.1, -0.05) is 29.8 Å². The quantitative estimate of drug-likeness (QED) is 0.878. The van der Waals surface area contributed by atoms with Gasteiger partial charge < -0.3 is 10.3 Å². The standard InChI is InChI=1S/C15H19N3/c1-11-4-2-5-12(8-11)9-15-17-10-13-6-3-7-14(16)18(13)15/h2,4-5,8,10,14H,3,6-7,9,16H2,1H3. The van der Waals surface area contributed by atoms with Gasteiger partial charge in [0, 0.05) is 18.3 Å². The van der Waals surface area contributed by atoms with Crippen LogP contribution in [0.15, 0.2) is 30.5 Å². The molecule has 1 unspecified atom stereocenters. The van der Waals surface area contributed by atoms with E-state index in [0.717, 1.165) is 25.1 Å². The molecule has 2 aromatic rings. The Morgan fingerprint density at radius 3 is 3.17 bits per heavy atom. The molecule has 0 aliphatic carbocycles. The van der Waals surface area contributed by atoms with Crippen molar-refractivity contribution in [2.75, 3.05) is 0 Å². The van der Waals surface area contributed by atoms with Crippen LogP contribution < -0.4 is 5.73 Å². The van der Waals surface area contributed by atoms with Gasteiger partial charge in [-0.05, 0) is 31.7 Å². The van der Waals surface area contributed by atoms with Crippen LogP contribution in [0.1, 0.15) is 41.7 Å². The lowest BCUT2D eigenvalue weighted by molar-refractivity contribution is 0.403. The summed E-state index contributed by atoms with van der Waals surface area (Å²) >= 11 is 0. The number of nitrogens with zero attached hydrogens (tertiary/aromatic N) is 2. The van der Waals surface area contributed by atoms with Crippen molar-refractivity contribution in [3.05, 3.63) is 53.1 Å². The molecular weight excluding hydrogens is 222 g/mol. The fourth-order valence-electron chi connectivity index (χ4n) is 2.79. The normalized spacial score (nSPS) is 18.7. The molecule has 1 aromatic carbocycles. The summed E-state index contributed by atoms with van der Waals surface area (Å²) in [5.41, 5.74) is 10.1. The molecule has 1 aromatic heterocycles. The first-order chi connectivity index (χ1) is 8.74. The molecule has 0 fully saturated rings. The van der Waals surface area contributed by atoms with Gasteiger partial charge in [0.15, 0.2) is 0 Å². The van der Waals surface area contributed by atoms with Crippen molar-refractivity contribution in [1.29, 1.82) is 0 Å². The Labute approximate surface area is 108 Å². The van der Waals surface area contributed by atoms with Crippen molar-refractivity contribution in [1.82, 2.24) is 9.55 Å². The van der Waals surface area contributed by atoms with Crippen LogP contribution in [0.2, 0.25) is 0 Å². The molecule has 94 valence electrons. The molecule has 0 amide bonds. The minimum atomic E-state index is 0.107. The van der Waals surface area contributed by atoms with E-state index in [2.05, 4.69) is 40.7 Å². The minimum absolute atomic E-state index is 0.107. The van der Waals surface area contributed by atoms with Crippen molar-refractivity contribution in [3.63, 3.8) is 0 Å². The zero-order chi connectivity index (χ0) is 12.5. The zero-order valence-corrected chi connectivity index (χ0v) is 10.8. The van der Waals surface area contributed by atoms with Crippen LogP contribution in [-0.4, -0.2) is 9.55 Å². The molecule has 3 heteroatoms. The van der Waals surface area contributed by atoms with Crippen molar-refractivity contribution >= 4 is 0 Å². The fourth-order valence-corrected chi connectivity index (χ4v) is 2.79. The lowest BCUT2D eigenvalue weighted by atomic mass is 10.1. The molecule has 1 aliphatic rings. The van der Waals surface area contributed by atoms with E-state index in [-0.39, 0.29) is 6.17 Å². The Kier molecular flexibility index (Phi) is 2.92. The predicted molar refractivity (Wildman–Crippen MR) is 72.4 cm³/mol. The summed E-state index contributed by atoms with van der Waals surface area (Å²) in [5, 5.41) is 0. The Bertz CT molecular complexity index is 557. The summed E-state index contributed by atoms with van der Waals surface area (Å²) in [4.78, 5) is 4.56. The Balaban J connectivity index is 1.92. The highest BCUT2D eigenvalue weighted by atomic mass is 15.2. The van der Waals surface area contributed by atoms with E-state index < -0.39 is 0 Å². The summed E-state index contributed by atoms with van der Waals surface area (Å²) in [5.74, 6) is 1.10.